The van der Waals surface area contributed by atoms with Gasteiger partial charge in [-0.15, -0.1) is 0 Å². The molecule has 1 aliphatic rings. The highest BCUT2D eigenvalue weighted by Crippen LogP contribution is 2.26. The molecule has 2 amide bonds. The summed E-state index contributed by atoms with van der Waals surface area (Å²) in [6.45, 7) is 1.28. The Morgan fingerprint density at radius 1 is 0.968 bits per heavy atom. The molecule has 0 spiro atoms. The van der Waals surface area contributed by atoms with Crippen molar-refractivity contribution in [3.8, 4) is 0 Å². The number of hydrogen-bond donors (Lipinski definition) is 1. The van der Waals surface area contributed by atoms with Crippen LogP contribution in [0.25, 0.3) is 0 Å². The number of nitrogens with zero attached hydrogens (tertiary/aromatic N) is 2. The molecule has 162 valence electrons. The van der Waals surface area contributed by atoms with E-state index in [1.54, 1.807) is 12.1 Å². The van der Waals surface area contributed by atoms with Gasteiger partial charge in [0.05, 0.1) is 6.54 Å². The molecule has 6 heteroatoms. The molecular formula is C25H27Cl2N3O. The molecule has 0 radical (unpaired) electrons. The highest BCUT2D eigenvalue weighted by atomic mass is 35.5. The smallest absolute Gasteiger partial charge is 0.322 e. The Morgan fingerprint density at radius 2 is 1.71 bits per heavy atom. The predicted octanol–water partition coefficient (Wildman–Crippen LogP) is 7.21. The number of nitrogens with one attached hydrogen (secondary N) is 1. The van der Waals surface area contributed by atoms with Crippen LogP contribution in [0.2, 0.25) is 10.0 Å². The van der Waals surface area contributed by atoms with E-state index in [0.29, 0.717) is 17.3 Å². The second-order valence-electron chi connectivity index (χ2n) is 8.12. The first-order chi connectivity index (χ1) is 15.1. The third-order valence-corrected chi connectivity index (χ3v) is 6.32. The molecule has 0 atom stereocenters. The number of carbonyl (C=O) groups is 1. The summed E-state index contributed by atoms with van der Waals surface area (Å²) < 4.78 is 2.19. The molecule has 31 heavy (non-hydrogen) atoms. The lowest BCUT2D eigenvalue weighted by Crippen LogP contribution is -2.43. The number of halogens is 2. The lowest BCUT2D eigenvalue weighted by Gasteiger charge is -2.34. The van der Waals surface area contributed by atoms with Crippen LogP contribution in [0.4, 0.5) is 10.5 Å². The fourth-order valence-electron chi connectivity index (χ4n) is 4.27. The molecule has 3 aromatic rings. The van der Waals surface area contributed by atoms with E-state index in [0.717, 1.165) is 48.5 Å². The van der Waals surface area contributed by atoms with Crippen molar-refractivity contribution in [2.75, 3.05) is 5.32 Å². The molecule has 4 rings (SSSR count). The van der Waals surface area contributed by atoms with E-state index in [4.69, 9.17) is 23.2 Å². The van der Waals surface area contributed by atoms with Crippen LogP contribution in [0.5, 0.6) is 0 Å². The Labute approximate surface area is 193 Å². The van der Waals surface area contributed by atoms with Gasteiger partial charge in [0.15, 0.2) is 0 Å². The summed E-state index contributed by atoms with van der Waals surface area (Å²) >= 11 is 12.3. The van der Waals surface area contributed by atoms with E-state index in [1.807, 2.05) is 41.3 Å². The van der Waals surface area contributed by atoms with Crippen LogP contribution in [0.3, 0.4) is 0 Å². The molecule has 1 N–H and O–H groups in total. The molecule has 1 aliphatic carbocycles. The highest BCUT2D eigenvalue weighted by molar-refractivity contribution is 6.31. The zero-order valence-electron chi connectivity index (χ0n) is 17.4. The summed E-state index contributed by atoms with van der Waals surface area (Å²) in [6, 6.07) is 19.5. The van der Waals surface area contributed by atoms with Gasteiger partial charge in [0.2, 0.25) is 0 Å². The molecular weight excluding hydrogens is 429 g/mol. The molecule has 1 aromatic heterocycles. The first kappa shape index (κ1) is 21.8. The molecule has 1 saturated carbocycles. The van der Waals surface area contributed by atoms with Gasteiger partial charge in [0.1, 0.15) is 0 Å². The molecule has 0 aliphatic heterocycles. The van der Waals surface area contributed by atoms with Crippen LogP contribution in [-0.2, 0) is 13.1 Å². The van der Waals surface area contributed by atoms with Gasteiger partial charge in [0, 0.05) is 40.2 Å². The number of anilines is 1. The number of aromatic nitrogens is 1. The third-order valence-electron chi connectivity index (χ3n) is 5.85. The summed E-state index contributed by atoms with van der Waals surface area (Å²) in [4.78, 5) is 15.3. The lowest BCUT2D eigenvalue weighted by atomic mass is 9.94. The van der Waals surface area contributed by atoms with Gasteiger partial charge in [-0.1, -0.05) is 60.7 Å². The van der Waals surface area contributed by atoms with Crippen molar-refractivity contribution >= 4 is 34.9 Å². The van der Waals surface area contributed by atoms with Crippen molar-refractivity contribution < 1.29 is 4.79 Å². The van der Waals surface area contributed by atoms with E-state index in [2.05, 4.69) is 28.2 Å². The topological polar surface area (TPSA) is 37.3 Å². The monoisotopic (exact) mass is 455 g/mol. The fourth-order valence-corrected chi connectivity index (χ4v) is 4.68. The Bertz CT molecular complexity index is 1030. The van der Waals surface area contributed by atoms with E-state index in [1.165, 1.54) is 6.42 Å². The largest absolute Gasteiger partial charge is 0.345 e. The number of hydrogen-bond acceptors (Lipinski definition) is 1. The average Bonchev–Trinajstić information content (AvgIpc) is 3.19. The van der Waals surface area contributed by atoms with Crippen molar-refractivity contribution in [2.24, 2.45) is 0 Å². The summed E-state index contributed by atoms with van der Waals surface area (Å²) in [5.74, 6) is 0. The quantitative estimate of drug-likeness (QED) is 0.418. The number of benzene rings is 2. The Hall–Kier alpha value is -2.43. The Balaban J connectivity index is 1.54. The minimum absolute atomic E-state index is 0.0790. The van der Waals surface area contributed by atoms with E-state index in [-0.39, 0.29) is 12.1 Å². The van der Waals surface area contributed by atoms with Crippen molar-refractivity contribution in [3.05, 3.63) is 88.2 Å². The van der Waals surface area contributed by atoms with Crippen LogP contribution < -0.4 is 5.32 Å². The van der Waals surface area contributed by atoms with Gasteiger partial charge in [-0.25, -0.2) is 4.79 Å². The zero-order chi connectivity index (χ0) is 21.6. The van der Waals surface area contributed by atoms with Crippen LogP contribution in [-0.4, -0.2) is 21.5 Å². The highest BCUT2D eigenvalue weighted by Gasteiger charge is 2.26. The second-order valence-corrected chi connectivity index (χ2v) is 8.99. The Kier molecular flexibility index (Phi) is 7.21. The van der Waals surface area contributed by atoms with Gasteiger partial charge in [-0.2, -0.15) is 0 Å². The first-order valence-electron chi connectivity index (χ1n) is 10.8. The SMILES string of the molecule is O=C(Nc1cccc(Cl)c1)N(Cc1cccn1Cc1cccc(Cl)c1)C1CCCCC1. The minimum Gasteiger partial charge on any atom is -0.345 e. The summed E-state index contributed by atoms with van der Waals surface area (Å²) in [6.07, 6.45) is 7.70. The zero-order valence-corrected chi connectivity index (χ0v) is 18.9. The summed E-state index contributed by atoms with van der Waals surface area (Å²) in [7, 11) is 0. The van der Waals surface area contributed by atoms with Gasteiger partial charge >= 0.3 is 6.03 Å². The fraction of sp³-hybridized carbons (Fsp3) is 0.320. The molecule has 0 unspecified atom stereocenters. The number of amides is 2. The summed E-state index contributed by atoms with van der Waals surface area (Å²) in [5.41, 5.74) is 2.96. The maximum absolute atomic E-state index is 13.3. The molecule has 0 saturated heterocycles. The minimum atomic E-state index is -0.0790. The van der Waals surface area contributed by atoms with E-state index < -0.39 is 0 Å². The van der Waals surface area contributed by atoms with Crippen LogP contribution in [0, 0.1) is 0 Å². The molecule has 4 nitrogen and oxygen atoms in total. The van der Waals surface area contributed by atoms with Crippen molar-refractivity contribution in [2.45, 2.75) is 51.2 Å². The van der Waals surface area contributed by atoms with Crippen molar-refractivity contribution in [1.29, 1.82) is 0 Å². The van der Waals surface area contributed by atoms with Gasteiger partial charge < -0.3 is 14.8 Å². The maximum Gasteiger partial charge on any atom is 0.322 e. The first-order valence-corrected chi connectivity index (χ1v) is 11.6. The maximum atomic E-state index is 13.3. The molecule has 1 heterocycles. The van der Waals surface area contributed by atoms with Crippen molar-refractivity contribution in [1.82, 2.24) is 9.47 Å². The number of rotatable bonds is 6. The van der Waals surface area contributed by atoms with Crippen LogP contribution >= 0.6 is 23.2 Å². The second kappa shape index (κ2) is 10.3. The average molecular weight is 456 g/mol. The van der Waals surface area contributed by atoms with Crippen LogP contribution in [0.1, 0.15) is 43.4 Å². The van der Waals surface area contributed by atoms with E-state index in [9.17, 15) is 4.79 Å². The Morgan fingerprint density at radius 3 is 2.45 bits per heavy atom. The summed E-state index contributed by atoms with van der Waals surface area (Å²) in [5, 5.41) is 4.39. The standard InChI is InChI=1S/C25H27Cl2N3O/c26-20-8-4-7-19(15-20)17-29-14-6-13-24(29)18-30(23-11-2-1-3-12-23)25(31)28-22-10-5-9-21(27)16-22/h4-10,13-16,23H,1-3,11-12,17-18H2,(H,28,31). The number of carbonyl (C=O) groups excluding carboxylic acids is 1. The predicted molar refractivity (Wildman–Crippen MR) is 128 cm³/mol. The van der Waals surface area contributed by atoms with Crippen molar-refractivity contribution in [3.63, 3.8) is 0 Å². The normalized spacial score (nSPS) is 14.4. The molecule has 2 aromatic carbocycles. The lowest BCUT2D eigenvalue weighted by molar-refractivity contribution is 0.161. The van der Waals surface area contributed by atoms with Gasteiger partial charge in [0.25, 0.3) is 0 Å². The molecule has 0 bridgehead atoms. The van der Waals surface area contributed by atoms with E-state index >= 15 is 0 Å². The van der Waals surface area contributed by atoms with Gasteiger partial charge in [-0.05, 0) is 60.9 Å². The van der Waals surface area contributed by atoms with Crippen LogP contribution in [0.15, 0.2) is 66.9 Å². The molecule has 1 fully saturated rings. The third kappa shape index (κ3) is 5.84. The van der Waals surface area contributed by atoms with Gasteiger partial charge in [-0.3, -0.25) is 0 Å². The number of urea groups is 1.